The molecule has 1 aromatic carbocycles. The Balaban J connectivity index is 2.33. The molecule has 0 saturated carbocycles. The van der Waals surface area contributed by atoms with Gasteiger partial charge in [0.05, 0.1) is 7.11 Å². The van der Waals surface area contributed by atoms with Crippen LogP contribution in [0, 0.1) is 0 Å². The topological polar surface area (TPSA) is 68.3 Å². The van der Waals surface area contributed by atoms with Crippen molar-refractivity contribution < 1.29 is 14.3 Å². The second kappa shape index (κ2) is 6.29. The largest absolute Gasteiger partial charge is 0.453 e. The van der Waals surface area contributed by atoms with Gasteiger partial charge in [0.1, 0.15) is 0 Å². The first kappa shape index (κ1) is 14.2. The van der Waals surface area contributed by atoms with Crippen LogP contribution in [0.2, 0.25) is 0 Å². The molecule has 102 valence electrons. The molecule has 0 spiro atoms. The number of hydrogen-bond donors (Lipinski definition) is 1. The van der Waals surface area contributed by atoms with Crippen molar-refractivity contribution in [3.63, 3.8) is 0 Å². The zero-order valence-electron chi connectivity index (χ0n) is 10.6. The van der Waals surface area contributed by atoms with Gasteiger partial charge >= 0.3 is 6.09 Å². The Morgan fingerprint density at radius 2 is 2.05 bits per heavy atom. The molecule has 20 heavy (non-hydrogen) atoms. The van der Waals surface area contributed by atoms with E-state index in [1.54, 1.807) is 36.5 Å². The van der Waals surface area contributed by atoms with Crippen LogP contribution in [-0.2, 0) is 4.74 Å². The predicted octanol–water partition coefficient (Wildman–Crippen LogP) is 3.25. The van der Waals surface area contributed by atoms with Crippen molar-refractivity contribution in [3.05, 3.63) is 58.3 Å². The molecule has 0 atom stereocenters. The Labute approximate surface area is 124 Å². The molecule has 6 heteroatoms. The molecule has 1 aromatic heterocycles. The van der Waals surface area contributed by atoms with Gasteiger partial charge in [-0.3, -0.25) is 15.1 Å². The van der Waals surface area contributed by atoms with E-state index in [4.69, 9.17) is 0 Å². The lowest BCUT2D eigenvalue weighted by atomic mass is 10.0. The summed E-state index contributed by atoms with van der Waals surface area (Å²) in [5.41, 5.74) is 1.40. The summed E-state index contributed by atoms with van der Waals surface area (Å²) in [6, 6.07) is 8.31. The fourth-order valence-electron chi connectivity index (χ4n) is 1.63. The number of pyridine rings is 1. The molecule has 0 saturated heterocycles. The minimum atomic E-state index is -0.595. The maximum Gasteiger partial charge on any atom is 0.411 e. The number of nitrogens with zero attached hydrogens (tertiary/aromatic N) is 1. The van der Waals surface area contributed by atoms with Gasteiger partial charge in [-0.05, 0) is 30.3 Å². The Morgan fingerprint density at radius 1 is 1.25 bits per heavy atom. The number of amides is 1. The minimum absolute atomic E-state index is 0.174. The lowest BCUT2D eigenvalue weighted by Crippen LogP contribution is -2.12. The molecule has 0 aliphatic carbocycles. The van der Waals surface area contributed by atoms with E-state index >= 15 is 0 Å². The molecule has 1 heterocycles. The van der Waals surface area contributed by atoms with Crippen molar-refractivity contribution in [1.82, 2.24) is 4.98 Å². The van der Waals surface area contributed by atoms with E-state index in [0.717, 1.165) is 0 Å². The molecule has 0 radical (unpaired) electrons. The number of rotatable bonds is 3. The van der Waals surface area contributed by atoms with E-state index < -0.39 is 6.09 Å². The summed E-state index contributed by atoms with van der Waals surface area (Å²) in [7, 11) is 1.27. The lowest BCUT2D eigenvalue weighted by molar-refractivity contribution is 0.103. The number of hydrogen-bond acceptors (Lipinski definition) is 4. The van der Waals surface area contributed by atoms with Gasteiger partial charge in [-0.2, -0.15) is 0 Å². The van der Waals surface area contributed by atoms with Crippen molar-refractivity contribution in [3.8, 4) is 0 Å². The number of ketones is 1. The highest BCUT2D eigenvalue weighted by Crippen LogP contribution is 2.21. The lowest BCUT2D eigenvalue weighted by Gasteiger charge is -2.07. The summed E-state index contributed by atoms with van der Waals surface area (Å²) in [4.78, 5) is 27.4. The number of carbonyl (C=O) groups excluding carboxylic acids is 2. The highest BCUT2D eigenvalue weighted by atomic mass is 79.9. The first-order valence-electron chi connectivity index (χ1n) is 5.70. The molecule has 1 amide bonds. The first-order valence-corrected chi connectivity index (χ1v) is 6.50. The van der Waals surface area contributed by atoms with Crippen LogP contribution in [0.4, 0.5) is 10.5 Å². The molecule has 0 fully saturated rings. The third-order valence-corrected chi connectivity index (χ3v) is 2.97. The predicted molar refractivity (Wildman–Crippen MR) is 77.8 cm³/mol. The van der Waals surface area contributed by atoms with Gasteiger partial charge in [0.2, 0.25) is 0 Å². The number of benzene rings is 1. The summed E-state index contributed by atoms with van der Waals surface area (Å²) in [5, 5.41) is 2.52. The number of halogens is 1. The van der Waals surface area contributed by atoms with Crippen LogP contribution in [0.25, 0.3) is 0 Å². The molecule has 0 bridgehead atoms. The fourth-order valence-corrected chi connectivity index (χ4v) is 2.12. The Morgan fingerprint density at radius 3 is 2.70 bits per heavy atom. The number of methoxy groups -OCH3 is 1. The average molecular weight is 335 g/mol. The molecule has 0 unspecified atom stereocenters. The van der Waals surface area contributed by atoms with Crippen molar-refractivity contribution in [2.24, 2.45) is 0 Å². The Bertz CT molecular complexity index is 644. The molecular weight excluding hydrogens is 324 g/mol. The molecule has 2 aromatic rings. The van der Waals surface area contributed by atoms with Crippen LogP contribution in [0.15, 0.2) is 47.2 Å². The Kier molecular flexibility index (Phi) is 4.47. The van der Waals surface area contributed by atoms with Crippen LogP contribution in [0.5, 0.6) is 0 Å². The van der Waals surface area contributed by atoms with Crippen LogP contribution in [-0.4, -0.2) is 24.0 Å². The third-order valence-electron chi connectivity index (χ3n) is 2.52. The number of aromatic nitrogens is 1. The normalized spacial score (nSPS) is 9.90. The van der Waals surface area contributed by atoms with Crippen molar-refractivity contribution in [2.45, 2.75) is 0 Å². The van der Waals surface area contributed by atoms with Gasteiger partial charge in [0, 0.05) is 33.7 Å². The van der Waals surface area contributed by atoms with E-state index in [1.165, 1.54) is 13.3 Å². The molecule has 0 aliphatic rings. The number of nitrogens with one attached hydrogen (secondary N) is 1. The smallest absolute Gasteiger partial charge is 0.411 e. The van der Waals surface area contributed by atoms with Crippen molar-refractivity contribution >= 4 is 33.5 Å². The summed E-state index contributed by atoms with van der Waals surface area (Å²) >= 11 is 3.31. The molecular formula is C14H11BrN2O3. The van der Waals surface area contributed by atoms with Crippen LogP contribution < -0.4 is 5.32 Å². The molecule has 2 rings (SSSR count). The van der Waals surface area contributed by atoms with Crippen LogP contribution in [0.1, 0.15) is 15.9 Å². The number of ether oxygens (including phenoxy) is 1. The van der Waals surface area contributed by atoms with Gasteiger partial charge in [0.25, 0.3) is 0 Å². The van der Waals surface area contributed by atoms with Gasteiger partial charge in [-0.1, -0.05) is 15.9 Å². The summed E-state index contributed by atoms with van der Waals surface area (Å²) in [5.74, 6) is -0.174. The summed E-state index contributed by atoms with van der Waals surface area (Å²) in [6.45, 7) is 0. The van der Waals surface area contributed by atoms with E-state index in [0.29, 0.717) is 21.3 Å². The van der Waals surface area contributed by atoms with Gasteiger partial charge in [-0.25, -0.2) is 4.79 Å². The zero-order chi connectivity index (χ0) is 14.5. The molecule has 1 N–H and O–H groups in total. The van der Waals surface area contributed by atoms with Gasteiger partial charge in [0.15, 0.2) is 5.78 Å². The highest BCUT2D eigenvalue weighted by Gasteiger charge is 2.12. The standard InChI is InChI=1S/C14H11BrN2O3/c1-20-14(19)17-12-6-10(5-11(15)7-12)13(18)9-3-2-4-16-8-9/h2-8H,1H3,(H,17,19). The van der Waals surface area contributed by atoms with E-state index in [9.17, 15) is 9.59 Å². The first-order chi connectivity index (χ1) is 9.60. The highest BCUT2D eigenvalue weighted by molar-refractivity contribution is 9.10. The quantitative estimate of drug-likeness (QED) is 0.875. The van der Waals surface area contributed by atoms with E-state index in [2.05, 4.69) is 31.0 Å². The average Bonchev–Trinajstić information content (AvgIpc) is 2.46. The van der Waals surface area contributed by atoms with E-state index in [-0.39, 0.29) is 5.78 Å². The van der Waals surface area contributed by atoms with Crippen LogP contribution >= 0.6 is 15.9 Å². The fraction of sp³-hybridized carbons (Fsp3) is 0.0714. The molecule has 5 nitrogen and oxygen atoms in total. The summed E-state index contributed by atoms with van der Waals surface area (Å²) < 4.78 is 5.20. The molecule has 0 aliphatic heterocycles. The zero-order valence-corrected chi connectivity index (χ0v) is 12.2. The monoisotopic (exact) mass is 334 g/mol. The summed E-state index contributed by atoms with van der Waals surface area (Å²) in [6.07, 6.45) is 2.50. The maximum absolute atomic E-state index is 12.3. The third kappa shape index (κ3) is 3.42. The van der Waals surface area contributed by atoms with Crippen LogP contribution in [0.3, 0.4) is 0 Å². The van der Waals surface area contributed by atoms with E-state index in [1.807, 2.05) is 0 Å². The second-order valence-corrected chi connectivity index (χ2v) is 4.83. The minimum Gasteiger partial charge on any atom is -0.453 e. The second-order valence-electron chi connectivity index (χ2n) is 3.92. The van der Waals surface area contributed by atoms with Gasteiger partial charge in [-0.15, -0.1) is 0 Å². The SMILES string of the molecule is COC(=O)Nc1cc(Br)cc(C(=O)c2cccnc2)c1. The van der Waals surface area contributed by atoms with Crippen molar-refractivity contribution in [1.29, 1.82) is 0 Å². The van der Waals surface area contributed by atoms with Crippen molar-refractivity contribution in [2.75, 3.05) is 12.4 Å². The Hall–Kier alpha value is -2.21. The van der Waals surface area contributed by atoms with Gasteiger partial charge < -0.3 is 4.74 Å². The maximum atomic E-state index is 12.3. The number of anilines is 1. The number of carbonyl (C=O) groups is 2.